The Labute approximate surface area is 160 Å². The maximum Gasteiger partial charge on any atom is 0.165 e. The number of ether oxygens (including phenoxy) is 1. The van der Waals surface area contributed by atoms with Crippen LogP contribution in [0.4, 0.5) is 5.82 Å². The maximum absolute atomic E-state index is 5.30. The van der Waals surface area contributed by atoms with Gasteiger partial charge in [0.05, 0.1) is 12.8 Å². The first-order valence-corrected chi connectivity index (χ1v) is 9.44. The molecule has 0 aliphatic carbocycles. The van der Waals surface area contributed by atoms with Gasteiger partial charge in [-0.15, -0.1) is 0 Å². The molecule has 0 radical (unpaired) electrons. The van der Waals surface area contributed by atoms with Crippen LogP contribution in [-0.2, 0) is 0 Å². The molecule has 6 nitrogen and oxygen atoms in total. The lowest BCUT2D eigenvalue weighted by molar-refractivity contribution is 0.311. The predicted octanol–water partition coefficient (Wildman–Crippen LogP) is 3.08. The molecule has 1 saturated heterocycles. The summed E-state index contributed by atoms with van der Waals surface area (Å²) in [6, 6.07) is 8.13. The second-order valence-corrected chi connectivity index (χ2v) is 7.36. The predicted molar refractivity (Wildman–Crippen MR) is 109 cm³/mol. The van der Waals surface area contributed by atoms with E-state index in [4.69, 9.17) is 14.8 Å². The average molecular weight is 365 g/mol. The Hall–Kier alpha value is -2.60. The van der Waals surface area contributed by atoms with Crippen LogP contribution in [0.1, 0.15) is 17.0 Å². The van der Waals surface area contributed by atoms with Crippen molar-refractivity contribution >= 4 is 11.5 Å². The van der Waals surface area contributed by atoms with Gasteiger partial charge in [0.2, 0.25) is 0 Å². The molecule has 0 bridgehead atoms. The van der Waals surface area contributed by atoms with Crippen molar-refractivity contribution in [3.8, 4) is 16.9 Å². The zero-order chi connectivity index (χ0) is 19.1. The topological polar surface area (TPSA) is 45.9 Å². The van der Waals surface area contributed by atoms with Gasteiger partial charge in [-0.2, -0.15) is 9.61 Å². The summed E-state index contributed by atoms with van der Waals surface area (Å²) in [6.07, 6.45) is 0. The summed E-state index contributed by atoms with van der Waals surface area (Å²) in [5, 5.41) is 4.90. The third kappa shape index (κ3) is 3.04. The molecule has 1 aliphatic rings. The number of methoxy groups -OCH3 is 1. The molecule has 1 aromatic carbocycles. The van der Waals surface area contributed by atoms with Gasteiger partial charge in [0.25, 0.3) is 0 Å². The van der Waals surface area contributed by atoms with Gasteiger partial charge in [0.1, 0.15) is 11.6 Å². The van der Waals surface area contributed by atoms with Gasteiger partial charge in [0.15, 0.2) is 5.65 Å². The van der Waals surface area contributed by atoms with E-state index < -0.39 is 0 Å². The smallest absolute Gasteiger partial charge is 0.165 e. The third-order valence-corrected chi connectivity index (χ3v) is 5.57. The van der Waals surface area contributed by atoms with Crippen molar-refractivity contribution in [1.82, 2.24) is 19.5 Å². The van der Waals surface area contributed by atoms with Crippen LogP contribution in [0.25, 0.3) is 16.8 Å². The number of rotatable bonds is 3. The fourth-order valence-electron chi connectivity index (χ4n) is 3.81. The first-order chi connectivity index (χ1) is 13.0. The lowest BCUT2D eigenvalue weighted by Gasteiger charge is -2.35. The third-order valence-electron chi connectivity index (χ3n) is 5.57. The molecule has 0 N–H and O–H groups in total. The summed E-state index contributed by atoms with van der Waals surface area (Å²) in [5.74, 6) is 2.03. The summed E-state index contributed by atoms with van der Waals surface area (Å²) < 4.78 is 7.34. The number of anilines is 1. The summed E-state index contributed by atoms with van der Waals surface area (Å²) in [7, 11) is 3.86. The average Bonchev–Trinajstić information content (AvgIpc) is 2.99. The molecular weight excluding hydrogens is 338 g/mol. The minimum atomic E-state index is 0.853. The van der Waals surface area contributed by atoms with E-state index in [9.17, 15) is 0 Å². The van der Waals surface area contributed by atoms with Crippen molar-refractivity contribution in [2.24, 2.45) is 0 Å². The minimum Gasteiger partial charge on any atom is -0.497 e. The highest BCUT2D eigenvalue weighted by atomic mass is 16.5. The van der Waals surface area contributed by atoms with Crippen molar-refractivity contribution in [3.05, 3.63) is 41.2 Å². The molecule has 0 amide bonds. The first-order valence-electron chi connectivity index (χ1n) is 9.44. The number of piperazine rings is 1. The van der Waals surface area contributed by atoms with Crippen LogP contribution in [0.3, 0.4) is 0 Å². The van der Waals surface area contributed by atoms with Crippen LogP contribution in [-0.4, -0.2) is 59.8 Å². The standard InChI is InChI=1S/C21H27N5O/c1-14-15(2)22-20-19(17-6-8-18(27-5)9-7-17)16(3)23-26(20)21(14)25-12-10-24(4)11-13-25/h6-9H,10-13H2,1-5H3. The molecular formula is C21H27N5O. The van der Waals surface area contributed by atoms with E-state index in [1.54, 1.807) is 7.11 Å². The molecule has 2 aromatic heterocycles. The number of aromatic nitrogens is 3. The van der Waals surface area contributed by atoms with E-state index in [1.165, 1.54) is 11.4 Å². The molecule has 3 aromatic rings. The van der Waals surface area contributed by atoms with Crippen molar-refractivity contribution < 1.29 is 4.74 Å². The van der Waals surface area contributed by atoms with Crippen LogP contribution in [0, 0.1) is 20.8 Å². The Kier molecular flexibility index (Phi) is 4.52. The fraction of sp³-hybridized carbons (Fsp3) is 0.429. The second kappa shape index (κ2) is 6.85. The van der Waals surface area contributed by atoms with Crippen LogP contribution in [0.2, 0.25) is 0 Å². The molecule has 1 aliphatic heterocycles. The minimum absolute atomic E-state index is 0.853. The number of likely N-dealkylation sites (N-methyl/N-ethyl adjacent to an activating group) is 1. The Bertz CT molecular complexity index is 969. The molecule has 4 rings (SSSR count). The van der Waals surface area contributed by atoms with E-state index in [0.717, 1.165) is 60.1 Å². The van der Waals surface area contributed by atoms with Crippen molar-refractivity contribution in [1.29, 1.82) is 0 Å². The second-order valence-electron chi connectivity index (χ2n) is 7.36. The molecule has 142 valence electrons. The zero-order valence-corrected chi connectivity index (χ0v) is 16.8. The summed E-state index contributed by atoms with van der Waals surface area (Å²) in [6.45, 7) is 10.4. The lowest BCUT2D eigenvalue weighted by atomic mass is 10.1. The molecule has 6 heteroatoms. The van der Waals surface area contributed by atoms with E-state index in [0.29, 0.717) is 0 Å². The van der Waals surface area contributed by atoms with E-state index in [2.05, 4.69) is 49.8 Å². The van der Waals surface area contributed by atoms with Crippen LogP contribution in [0.5, 0.6) is 5.75 Å². The van der Waals surface area contributed by atoms with Gasteiger partial charge in [0, 0.05) is 43.0 Å². The molecule has 0 unspecified atom stereocenters. The molecule has 1 fully saturated rings. The fourth-order valence-corrected chi connectivity index (χ4v) is 3.81. The molecule has 27 heavy (non-hydrogen) atoms. The first kappa shape index (κ1) is 17.8. The molecule has 0 spiro atoms. The largest absolute Gasteiger partial charge is 0.497 e. The van der Waals surface area contributed by atoms with E-state index >= 15 is 0 Å². The normalized spacial score (nSPS) is 15.5. The number of benzene rings is 1. The highest BCUT2D eigenvalue weighted by molar-refractivity contribution is 5.81. The number of aryl methyl sites for hydroxylation is 2. The van der Waals surface area contributed by atoms with Gasteiger partial charge >= 0.3 is 0 Å². The maximum atomic E-state index is 5.30. The molecule has 0 atom stereocenters. The lowest BCUT2D eigenvalue weighted by Crippen LogP contribution is -2.45. The zero-order valence-electron chi connectivity index (χ0n) is 16.8. The van der Waals surface area contributed by atoms with Crippen LogP contribution < -0.4 is 9.64 Å². The highest BCUT2D eigenvalue weighted by Crippen LogP contribution is 2.33. The molecule has 0 saturated carbocycles. The summed E-state index contributed by atoms with van der Waals surface area (Å²) in [4.78, 5) is 9.73. The number of nitrogens with zero attached hydrogens (tertiary/aromatic N) is 5. The molecule has 3 heterocycles. The Balaban J connectivity index is 1.89. The summed E-state index contributed by atoms with van der Waals surface area (Å²) >= 11 is 0. The summed E-state index contributed by atoms with van der Waals surface area (Å²) in [5.41, 5.74) is 6.39. The van der Waals surface area contributed by atoms with Gasteiger partial charge in [-0.1, -0.05) is 12.1 Å². The quantitative estimate of drug-likeness (QED) is 0.714. The Morgan fingerprint density at radius 3 is 2.22 bits per heavy atom. The van der Waals surface area contributed by atoms with Crippen molar-refractivity contribution in [3.63, 3.8) is 0 Å². The monoisotopic (exact) mass is 365 g/mol. The van der Waals surface area contributed by atoms with Crippen molar-refractivity contribution in [2.45, 2.75) is 20.8 Å². The van der Waals surface area contributed by atoms with Gasteiger partial charge in [-0.3, -0.25) is 0 Å². The number of hydrogen-bond acceptors (Lipinski definition) is 5. The van der Waals surface area contributed by atoms with Crippen LogP contribution >= 0.6 is 0 Å². The highest BCUT2D eigenvalue weighted by Gasteiger charge is 2.23. The number of fused-ring (bicyclic) bond motifs is 1. The Morgan fingerprint density at radius 1 is 0.926 bits per heavy atom. The van der Waals surface area contributed by atoms with Crippen molar-refractivity contribution in [2.75, 3.05) is 45.2 Å². The van der Waals surface area contributed by atoms with Gasteiger partial charge in [-0.25, -0.2) is 4.98 Å². The SMILES string of the molecule is COc1ccc(-c2c(C)nn3c(N4CCN(C)CC4)c(C)c(C)nc23)cc1. The van der Waals surface area contributed by atoms with Crippen LogP contribution in [0.15, 0.2) is 24.3 Å². The van der Waals surface area contributed by atoms with E-state index in [1.807, 2.05) is 16.6 Å². The van der Waals surface area contributed by atoms with E-state index in [-0.39, 0.29) is 0 Å². The Morgan fingerprint density at radius 2 is 1.59 bits per heavy atom. The number of hydrogen-bond donors (Lipinski definition) is 0. The van der Waals surface area contributed by atoms with Gasteiger partial charge in [-0.05, 0) is 45.5 Å². The van der Waals surface area contributed by atoms with Gasteiger partial charge < -0.3 is 14.5 Å².